The van der Waals surface area contributed by atoms with Gasteiger partial charge in [-0.2, -0.15) is 0 Å². The van der Waals surface area contributed by atoms with Gasteiger partial charge in [0.1, 0.15) is 6.10 Å². The van der Waals surface area contributed by atoms with Crippen LogP contribution in [0.2, 0.25) is 0 Å². The lowest BCUT2D eigenvalue weighted by atomic mass is 10.2. The van der Waals surface area contributed by atoms with Gasteiger partial charge in [0.15, 0.2) is 0 Å². The zero-order valence-electron chi connectivity index (χ0n) is 11.0. The van der Waals surface area contributed by atoms with Gasteiger partial charge in [0.2, 0.25) is 5.91 Å². The van der Waals surface area contributed by atoms with E-state index in [9.17, 15) is 9.90 Å². The van der Waals surface area contributed by atoms with Gasteiger partial charge in [0.05, 0.1) is 0 Å². The van der Waals surface area contributed by atoms with Crippen LogP contribution in [0.25, 0.3) is 0 Å². The van der Waals surface area contributed by atoms with Crippen molar-refractivity contribution in [3.05, 3.63) is 35.9 Å². The van der Waals surface area contributed by atoms with Crippen LogP contribution in [0.3, 0.4) is 0 Å². The summed E-state index contributed by atoms with van der Waals surface area (Å²) in [7, 11) is 0. The van der Waals surface area contributed by atoms with Crippen LogP contribution in [0, 0.1) is 0 Å². The van der Waals surface area contributed by atoms with E-state index >= 15 is 0 Å². The van der Waals surface area contributed by atoms with Crippen LogP contribution in [-0.2, 0) is 11.3 Å². The summed E-state index contributed by atoms with van der Waals surface area (Å²) in [6.07, 6.45) is -0.0682. The number of likely N-dealkylation sites (tertiary alicyclic amines) is 1. The monoisotopic (exact) mass is 263 g/mol. The zero-order valence-corrected chi connectivity index (χ0v) is 11.0. The van der Waals surface area contributed by atoms with Crippen molar-refractivity contribution >= 4 is 5.91 Å². The minimum absolute atomic E-state index is 0.235. The number of nitrogens with two attached hydrogens (primary N) is 1. The molecule has 2 atom stereocenters. The molecule has 4 N–H and O–H groups in total. The first-order valence-electron chi connectivity index (χ1n) is 6.62. The Kier molecular flexibility index (Phi) is 4.90. The Labute approximate surface area is 113 Å². The van der Waals surface area contributed by atoms with Crippen molar-refractivity contribution in [1.82, 2.24) is 10.2 Å². The van der Waals surface area contributed by atoms with E-state index < -0.39 is 12.0 Å². The number of carbonyl (C=O) groups excluding carboxylic acids is 1. The molecule has 0 aliphatic carbocycles. The second kappa shape index (κ2) is 6.65. The molecule has 2 unspecified atom stereocenters. The van der Waals surface area contributed by atoms with Crippen LogP contribution in [0.4, 0.5) is 0 Å². The molecule has 0 saturated carbocycles. The molecule has 1 aromatic rings. The van der Waals surface area contributed by atoms with E-state index in [0.717, 1.165) is 26.1 Å². The molecule has 1 aliphatic rings. The summed E-state index contributed by atoms with van der Waals surface area (Å²) >= 11 is 0. The maximum atomic E-state index is 10.7. The van der Waals surface area contributed by atoms with Crippen molar-refractivity contribution in [2.45, 2.75) is 25.1 Å². The third-order valence-electron chi connectivity index (χ3n) is 3.45. The van der Waals surface area contributed by atoms with Crippen molar-refractivity contribution in [2.24, 2.45) is 5.73 Å². The number of amides is 1. The molecular formula is C14H21N3O2. The minimum atomic E-state index is -1.09. The first kappa shape index (κ1) is 14.0. The molecule has 0 bridgehead atoms. The number of hydrogen-bond donors (Lipinski definition) is 3. The van der Waals surface area contributed by atoms with Gasteiger partial charge in [-0.3, -0.25) is 9.69 Å². The average molecular weight is 263 g/mol. The minimum Gasteiger partial charge on any atom is -0.382 e. The number of aliphatic hydroxyl groups is 1. The summed E-state index contributed by atoms with van der Waals surface area (Å²) in [6, 6.07) is 10.7. The molecule has 19 heavy (non-hydrogen) atoms. The normalized spacial score (nSPS) is 21.4. The van der Waals surface area contributed by atoms with Crippen LogP contribution in [0.1, 0.15) is 12.0 Å². The summed E-state index contributed by atoms with van der Waals surface area (Å²) in [5, 5.41) is 12.5. The summed E-state index contributed by atoms with van der Waals surface area (Å²) in [4.78, 5) is 13.1. The molecule has 0 radical (unpaired) electrons. The standard InChI is InChI=1S/C14H21N3O2/c15-14(19)13(18)8-16-12-6-7-17(10-12)9-11-4-2-1-3-5-11/h1-5,12-13,16,18H,6-10H2,(H2,15,19). The third kappa shape index (κ3) is 4.31. The Morgan fingerprint density at radius 1 is 1.47 bits per heavy atom. The molecule has 1 aromatic carbocycles. The van der Waals surface area contributed by atoms with E-state index in [1.54, 1.807) is 0 Å². The maximum Gasteiger partial charge on any atom is 0.247 e. The highest BCUT2D eigenvalue weighted by Gasteiger charge is 2.23. The van der Waals surface area contributed by atoms with Crippen LogP contribution < -0.4 is 11.1 Å². The highest BCUT2D eigenvalue weighted by atomic mass is 16.3. The molecule has 0 spiro atoms. The van der Waals surface area contributed by atoms with Crippen molar-refractivity contribution in [3.63, 3.8) is 0 Å². The second-order valence-corrected chi connectivity index (χ2v) is 5.03. The first-order chi connectivity index (χ1) is 9.15. The number of hydrogen-bond acceptors (Lipinski definition) is 4. The highest BCUT2D eigenvalue weighted by molar-refractivity contribution is 5.78. The fourth-order valence-electron chi connectivity index (χ4n) is 2.36. The van der Waals surface area contributed by atoms with E-state index in [2.05, 4.69) is 22.3 Å². The number of aliphatic hydroxyl groups excluding tert-OH is 1. The van der Waals surface area contributed by atoms with E-state index in [1.165, 1.54) is 5.56 Å². The Balaban J connectivity index is 1.73. The van der Waals surface area contributed by atoms with Crippen molar-refractivity contribution in [3.8, 4) is 0 Å². The lowest BCUT2D eigenvalue weighted by Gasteiger charge is -2.17. The van der Waals surface area contributed by atoms with Gasteiger partial charge >= 0.3 is 0 Å². The van der Waals surface area contributed by atoms with Gasteiger partial charge in [0, 0.05) is 32.2 Å². The predicted octanol–water partition coefficient (Wildman–Crippen LogP) is -0.303. The second-order valence-electron chi connectivity index (χ2n) is 5.03. The lowest BCUT2D eigenvalue weighted by molar-refractivity contribution is -0.125. The molecular weight excluding hydrogens is 242 g/mol. The zero-order chi connectivity index (χ0) is 13.7. The number of rotatable bonds is 6. The molecule has 104 valence electrons. The summed E-state index contributed by atoms with van der Waals surface area (Å²) in [6.45, 7) is 3.14. The van der Waals surface area contributed by atoms with E-state index in [-0.39, 0.29) is 6.54 Å². The van der Waals surface area contributed by atoms with E-state index in [1.807, 2.05) is 18.2 Å². The van der Waals surface area contributed by atoms with Crippen molar-refractivity contribution < 1.29 is 9.90 Å². The fraction of sp³-hybridized carbons (Fsp3) is 0.500. The molecule has 5 heteroatoms. The summed E-state index contributed by atoms with van der Waals surface area (Å²) in [5.41, 5.74) is 6.32. The third-order valence-corrected chi connectivity index (χ3v) is 3.45. The molecule has 1 fully saturated rings. The molecule has 2 rings (SSSR count). The number of primary amides is 1. The quantitative estimate of drug-likeness (QED) is 0.658. The number of nitrogens with one attached hydrogen (secondary N) is 1. The van der Waals surface area contributed by atoms with Crippen LogP contribution >= 0.6 is 0 Å². The van der Waals surface area contributed by atoms with Gasteiger partial charge < -0.3 is 16.2 Å². The van der Waals surface area contributed by atoms with Crippen LogP contribution in [-0.4, -0.2) is 47.7 Å². The maximum absolute atomic E-state index is 10.7. The molecule has 1 aliphatic heterocycles. The van der Waals surface area contributed by atoms with Gasteiger partial charge in [-0.1, -0.05) is 30.3 Å². The SMILES string of the molecule is NC(=O)C(O)CNC1CCN(Cc2ccccc2)C1. The Morgan fingerprint density at radius 2 is 2.21 bits per heavy atom. The Morgan fingerprint density at radius 3 is 2.89 bits per heavy atom. The lowest BCUT2D eigenvalue weighted by Crippen LogP contribution is -2.42. The topological polar surface area (TPSA) is 78.6 Å². The largest absolute Gasteiger partial charge is 0.382 e. The number of nitrogens with zero attached hydrogens (tertiary/aromatic N) is 1. The van der Waals surface area contributed by atoms with Gasteiger partial charge in [-0.15, -0.1) is 0 Å². The number of carbonyl (C=O) groups is 1. The molecule has 0 aromatic heterocycles. The van der Waals surface area contributed by atoms with E-state index in [4.69, 9.17) is 5.73 Å². The van der Waals surface area contributed by atoms with Crippen LogP contribution in [0.15, 0.2) is 30.3 Å². The van der Waals surface area contributed by atoms with Crippen molar-refractivity contribution in [1.29, 1.82) is 0 Å². The first-order valence-corrected chi connectivity index (χ1v) is 6.62. The fourth-order valence-corrected chi connectivity index (χ4v) is 2.36. The molecule has 1 heterocycles. The van der Waals surface area contributed by atoms with Gasteiger partial charge in [-0.25, -0.2) is 0 Å². The Hall–Kier alpha value is -1.43. The van der Waals surface area contributed by atoms with Crippen molar-refractivity contribution in [2.75, 3.05) is 19.6 Å². The van der Waals surface area contributed by atoms with Crippen LogP contribution in [0.5, 0.6) is 0 Å². The van der Waals surface area contributed by atoms with Gasteiger partial charge in [0.25, 0.3) is 0 Å². The molecule has 1 saturated heterocycles. The smallest absolute Gasteiger partial charge is 0.247 e. The average Bonchev–Trinajstić information content (AvgIpc) is 2.84. The predicted molar refractivity (Wildman–Crippen MR) is 73.3 cm³/mol. The Bertz CT molecular complexity index is 410. The molecule has 5 nitrogen and oxygen atoms in total. The van der Waals surface area contributed by atoms with E-state index in [0.29, 0.717) is 6.04 Å². The molecule has 1 amide bonds. The summed E-state index contributed by atoms with van der Waals surface area (Å²) in [5.74, 6) is -0.674. The van der Waals surface area contributed by atoms with Gasteiger partial charge in [-0.05, 0) is 12.0 Å². The number of benzene rings is 1. The summed E-state index contributed by atoms with van der Waals surface area (Å²) < 4.78 is 0. The highest BCUT2D eigenvalue weighted by Crippen LogP contribution is 2.13.